The van der Waals surface area contributed by atoms with Crippen LogP contribution in [0.5, 0.6) is 5.75 Å². The van der Waals surface area contributed by atoms with Gasteiger partial charge in [-0.2, -0.15) is 0 Å². The van der Waals surface area contributed by atoms with Gasteiger partial charge in [0, 0.05) is 16.6 Å². The Morgan fingerprint density at radius 1 is 1.11 bits per heavy atom. The Balaban J connectivity index is 1.98. The number of aryl methyl sites for hydroxylation is 2. The molecule has 2 aromatic carbocycles. The van der Waals surface area contributed by atoms with E-state index in [1.54, 1.807) is 0 Å². The minimum absolute atomic E-state index is 0.667. The number of ether oxygens (including phenoxy) is 1. The first kappa shape index (κ1) is 13.9. The topological polar surface area (TPSA) is 35.2 Å². The molecule has 0 saturated carbocycles. The average molecular weight is 320 g/mol. The van der Waals surface area contributed by atoms with Crippen LogP contribution in [0.3, 0.4) is 0 Å². The molecule has 0 saturated heterocycles. The average Bonchev–Trinajstić information content (AvgIpc) is 2.35. The summed E-state index contributed by atoms with van der Waals surface area (Å²) in [5.41, 5.74) is 10.4. The van der Waals surface area contributed by atoms with Crippen molar-refractivity contribution in [2.24, 2.45) is 0 Å². The molecule has 0 aliphatic heterocycles. The molecule has 0 aliphatic carbocycles. The second-order valence-electron chi connectivity index (χ2n) is 4.69. The van der Waals surface area contributed by atoms with Crippen LogP contribution in [0, 0.1) is 13.8 Å². The van der Waals surface area contributed by atoms with Crippen molar-refractivity contribution in [1.29, 1.82) is 0 Å². The first-order valence-corrected chi connectivity index (χ1v) is 7.09. The van der Waals surface area contributed by atoms with Crippen LogP contribution in [0.15, 0.2) is 40.9 Å². The van der Waals surface area contributed by atoms with Crippen LogP contribution >= 0.6 is 15.9 Å². The van der Waals surface area contributed by atoms with Gasteiger partial charge in [-0.3, -0.25) is 0 Å². The molecule has 0 bridgehead atoms. The zero-order chi connectivity index (χ0) is 13.8. The van der Waals surface area contributed by atoms with Crippen molar-refractivity contribution in [2.45, 2.75) is 20.3 Å². The first-order valence-electron chi connectivity index (χ1n) is 6.30. The molecule has 2 aromatic rings. The molecule has 0 aliphatic rings. The lowest BCUT2D eigenvalue weighted by molar-refractivity contribution is 0.321. The second-order valence-corrected chi connectivity index (χ2v) is 5.61. The molecule has 0 heterocycles. The van der Waals surface area contributed by atoms with Crippen molar-refractivity contribution < 1.29 is 4.74 Å². The number of anilines is 1. The van der Waals surface area contributed by atoms with Crippen molar-refractivity contribution in [3.63, 3.8) is 0 Å². The summed E-state index contributed by atoms with van der Waals surface area (Å²) in [6.45, 7) is 4.79. The van der Waals surface area contributed by atoms with Crippen LogP contribution in [0.2, 0.25) is 0 Å². The van der Waals surface area contributed by atoms with Crippen LogP contribution in [-0.4, -0.2) is 6.61 Å². The summed E-state index contributed by atoms with van der Waals surface area (Å²) in [6.07, 6.45) is 0.888. The minimum atomic E-state index is 0.667. The van der Waals surface area contributed by atoms with Gasteiger partial charge >= 0.3 is 0 Å². The van der Waals surface area contributed by atoms with E-state index in [4.69, 9.17) is 10.5 Å². The van der Waals surface area contributed by atoms with E-state index in [-0.39, 0.29) is 0 Å². The largest absolute Gasteiger partial charge is 0.493 e. The van der Waals surface area contributed by atoms with Crippen LogP contribution in [0.4, 0.5) is 5.69 Å². The number of halogens is 1. The lowest BCUT2D eigenvalue weighted by Gasteiger charge is -2.11. The van der Waals surface area contributed by atoms with Gasteiger partial charge in [-0.1, -0.05) is 28.1 Å². The molecule has 0 amide bonds. The smallest absolute Gasteiger partial charge is 0.120 e. The monoisotopic (exact) mass is 319 g/mol. The van der Waals surface area contributed by atoms with Crippen molar-refractivity contribution in [2.75, 3.05) is 12.3 Å². The molecule has 2 nitrogen and oxygen atoms in total. The Labute approximate surface area is 122 Å². The highest BCUT2D eigenvalue weighted by Crippen LogP contribution is 2.20. The number of nitrogens with two attached hydrogens (primary N) is 1. The lowest BCUT2D eigenvalue weighted by Crippen LogP contribution is -2.04. The fourth-order valence-electron chi connectivity index (χ4n) is 2.00. The third kappa shape index (κ3) is 3.74. The number of hydrogen-bond acceptors (Lipinski definition) is 2. The van der Waals surface area contributed by atoms with Gasteiger partial charge in [-0.15, -0.1) is 0 Å². The maximum absolute atomic E-state index is 5.89. The Morgan fingerprint density at radius 2 is 1.89 bits per heavy atom. The molecule has 2 N–H and O–H groups in total. The van der Waals surface area contributed by atoms with Gasteiger partial charge in [0.25, 0.3) is 0 Å². The molecule has 0 aromatic heterocycles. The van der Waals surface area contributed by atoms with E-state index in [0.29, 0.717) is 6.61 Å². The van der Waals surface area contributed by atoms with Gasteiger partial charge in [-0.25, -0.2) is 0 Å². The first-order chi connectivity index (χ1) is 9.06. The Morgan fingerprint density at radius 3 is 2.63 bits per heavy atom. The number of nitrogen functional groups attached to an aromatic ring is 1. The standard InChI is InChI=1S/C16H18BrNO/c1-11-9-16(18)12(2)8-13(11)6-7-19-15-5-3-4-14(17)10-15/h3-5,8-10H,6-7,18H2,1-2H3. The fraction of sp³-hybridized carbons (Fsp3) is 0.250. The maximum Gasteiger partial charge on any atom is 0.120 e. The molecule has 0 radical (unpaired) electrons. The van der Waals surface area contributed by atoms with Crippen molar-refractivity contribution in [1.82, 2.24) is 0 Å². The predicted molar refractivity (Wildman–Crippen MR) is 83.7 cm³/mol. The van der Waals surface area contributed by atoms with Crippen LogP contribution < -0.4 is 10.5 Å². The summed E-state index contributed by atoms with van der Waals surface area (Å²) in [6, 6.07) is 12.1. The summed E-state index contributed by atoms with van der Waals surface area (Å²) in [7, 11) is 0. The summed E-state index contributed by atoms with van der Waals surface area (Å²) in [5, 5.41) is 0. The Hall–Kier alpha value is -1.48. The summed E-state index contributed by atoms with van der Waals surface area (Å²) >= 11 is 3.43. The Bertz CT molecular complexity index is 581. The van der Waals surface area contributed by atoms with Crippen LogP contribution in [-0.2, 0) is 6.42 Å². The molecular formula is C16H18BrNO. The molecule has 3 heteroatoms. The third-order valence-electron chi connectivity index (χ3n) is 3.16. The van der Waals surface area contributed by atoms with Gasteiger partial charge < -0.3 is 10.5 Å². The van der Waals surface area contributed by atoms with E-state index in [9.17, 15) is 0 Å². The van der Waals surface area contributed by atoms with E-state index < -0.39 is 0 Å². The Kier molecular flexibility index (Phi) is 4.48. The fourth-order valence-corrected chi connectivity index (χ4v) is 2.38. The van der Waals surface area contributed by atoms with Gasteiger partial charge in [0.05, 0.1) is 6.61 Å². The van der Waals surface area contributed by atoms with Gasteiger partial charge in [0.2, 0.25) is 0 Å². The van der Waals surface area contributed by atoms with E-state index in [2.05, 4.69) is 28.9 Å². The number of benzene rings is 2. The minimum Gasteiger partial charge on any atom is -0.493 e. The molecule has 0 unspecified atom stereocenters. The normalized spacial score (nSPS) is 10.5. The van der Waals surface area contributed by atoms with E-state index in [0.717, 1.165) is 27.9 Å². The highest BCUT2D eigenvalue weighted by atomic mass is 79.9. The molecule has 0 fully saturated rings. The van der Waals surface area contributed by atoms with E-state index >= 15 is 0 Å². The zero-order valence-corrected chi connectivity index (χ0v) is 12.8. The van der Waals surface area contributed by atoms with Crippen molar-refractivity contribution in [3.05, 3.63) is 57.6 Å². The number of rotatable bonds is 4. The number of hydrogen-bond donors (Lipinski definition) is 1. The molecule has 100 valence electrons. The van der Waals surface area contributed by atoms with Gasteiger partial charge in [0.15, 0.2) is 0 Å². The molecule has 0 atom stereocenters. The maximum atomic E-state index is 5.89. The SMILES string of the molecule is Cc1cc(CCOc2cccc(Br)c2)c(C)cc1N. The van der Waals surface area contributed by atoms with Crippen LogP contribution in [0.1, 0.15) is 16.7 Å². The molecular weight excluding hydrogens is 302 g/mol. The highest BCUT2D eigenvalue weighted by molar-refractivity contribution is 9.10. The third-order valence-corrected chi connectivity index (χ3v) is 3.65. The van der Waals surface area contributed by atoms with E-state index in [1.165, 1.54) is 11.1 Å². The second kappa shape index (κ2) is 6.11. The molecule has 0 spiro atoms. The van der Waals surface area contributed by atoms with Gasteiger partial charge in [0.1, 0.15) is 5.75 Å². The summed E-state index contributed by atoms with van der Waals surface area (Å²) in [5.74, 6) is 0.888. The molecule has 19 heavy (non-hydrogen) atoms. The summed E-state index contributed by atoms with van der Waals surface area (Å²) in [4.78, 5) is 0. The highest BCUT2D eigenvalue weighted by Gasteiger charge is 2.03. The van der Waals surface area contributed by atoms with Gasteiger partial charge in [-0.05, 0) is 54.8 Å². The van der Waals surface area contributed by atoms with Crippen LogP contribution in [0.25, 0.3) is 0 Å². The predicted octanol–water partition coefficient (Wildman–Crippen LogP) is 4.27. The van der Waals surface area contributed by atoms with E-state index in [1.807, 2.05) is 37.3 Å². The quantitative estimate of drug-likeness (QED) is 0.854. The van der Waals surface area contributed by atoms with Crippen molar-refractivity contribution in [3.8, 4) is 5.75 Å². The zero-order valence-electron chi connectivity index (χ0n) is 11.2. The van der Waals surface area contributed by atoms with Crippen molar-refractivity contribution >= 4 is 21.6 Å². The molecule has 2 rings (SSSR count). The summed E-state index contributed by atoms with van der Waals surface area (Å²) < 4.78 is 6.79. The lowest BCUT2D eigenvalue weighted by atomic mass is 10.0.